The quantitative estimate of drug-likeness (QED) is 0.552. The maximum Gasteiger partial charge on any atom is 0.358 e. The van der Waals surface area contributed by atoms with Crippen LogP contribution in [0.5, 0.6) is 0 Å². The molecule has 2 heterocycles. The van der Waals surface area contributed by atoms with Crippen LogP contribution in [-0.4, -0.2) is 49.0 Å². The van der Waals surface area contributed by atoms with E-state index in [9.17, 15) is 18.0 Å². The smallest absolute Gasteiger partial charge is 0.358 e. The second-order valence-corrected chi connectivity index (χ2v) is 7.84. The number of benzene rings is 1. The van der Waals surface area contributed by atoms with Crippen LogP contribution in [0.15, 0.2) is 36.8 Å². The van der Waals surface area contributed by atoms with E-state index < -0.39 is 22.6 Å². The second kappa shape index (κ2) is 7.20. The first-order chi connectivity index (χ1) is 12.4. The van der Waals surface area contributed by atoms with E-state index in [1.165, 1.54) is 22.9 Å². The number of hydrogen-bond acceptors (Lipinski definition) is 7. The molecule has 1 aromatic carbocycles. The van der Waals surface area contributed by atoms with Gasteiger partial charge < -0.3 is 4.74 Å². The number of nitrogens with zero attached hydrogens (tertiary/aromatic N) is 3. The minimum absolute atomic E-state index is 0.0193. The summed E-state index contributed by atoms with van der Waals surface area (Å²) in [4.78, 5) is 31.6. The van der Waals surface area contributed by atoms with Crippen molar-refractivity contribution in [3.63, 3.8) is 0 Å². The Labute approximate surface area is 150 Å². The van der Waals surface area contributed by atoms with Crippen molar-refractivity contribution in [1.29, 1.82) is 0 Å². The van der Waals surface area contributed by atoms with E-state index in [2.05, 4.69) is 9.97 Å². The van der Waals surface area contributed by atoms with Gasteiger partial charge >= 0.3 is 5.97 Å². The molecular weight excluding hydrogens is 358 g/mol. The zero-order valence-electron chi connectivity index (χ0n) is 14.1. The van der Waals surface area contributed by atoms with Crippen LogP contribution in [0.3, 0.4) is 0 Å². The Bertz CT molecular complexity index is 944. The third-order valence-electron chi connectivity index (χ3n) is 4.06. The minimum atomic E-state index is -3.33. The molecule has 26 heavy (non-hydrogen) atoms. The maximum absolute atomic E-state index is 12.3. The number of anilines is 1. The summed E-state index contributed by atoms with van der Waals surface area (Å²) in [6, 6.07) is 4.81. The molecule has 0 saturated carbocycles. The van der Waals surface area contributed by atoms with Crippen molar-refractivity contribution in [2.45, 2.75) is 13.3 Å². The monoisotopic (exact) mass is 375 g/mol. The fourth-order valence-electron chi connectivity index (χ4n) is 2.68. The van der Waals surface area contributed by atoms with Crippen molar-refractivity contribution in [3.8, 4) is 0 Å². The van der Waals surface area contributed by atoms with Gasteiger partial charge in [-0.15, -0.1) is 0 Å². The molecule has 0 spiro atoms. The maximum atomic E-state index is 12.3. The van der Waals surface area contributed by atoms with E-state index in [0.29, 0.717) is 24.2 Å². The van der Waals surface area contributed by atoms with Crippen LogP contribution in [-0.2, 0) is 21.2 Å². The van der Waals surface area contributed by atoms with Crippen molar-refractivity contribution in [2.24, 2.45) is 0 Å². The number of fused-ring (bicyclic) bond motifs is 1. The summed E-state index contributed by atoms with van der Waals surface area (Å²) >= 11 is 0. The van der Waals surface area contributed by atoms with Crippen molar-refractivity contribution in [2.75, 3.05) is 23.2 Å². The molecule has 1 aromatic heterocycles. The molecule has 0 atom stereocenters. The molecule has 2 aromatic rings. The van der Waals surface area contributed by atoms with Gasteiger partial charge in [0.05, 0.1) is 17.6 Å². The van der Waals surface area contributed by atoms with E-state index in [4.69, 9.17) is 4.74 Å². The molecule has 9 heteroatoms. The number of carbonyl (C=O) groups is 2. The van der Waals surface area contributed by atoms with Gasteiger partial charge in [0.1, 0.15) is 0 Å². The highest BCUT2D eigenvalue weighted by atomic mass is 32.2. The zero-order valence-corrected chi connectivity index (χ0v) is 14.9. The summed E-state index contributed by atoms with van der Waals surface area (Å²) in [5, 5.41) is 0. The Balaban J connectivity index is 1.69. The third kappa shape index (κ3) is 3.57. The lowest BCUT2D eigenvalue weighted by Gasteiger charge is -2.18. The molecule has 0 bridgehead atoms. The van der Waals surface area contributed by atoms with E-state index >= 15 is 0 Å². The zero-order chi connectivity index (χ0) is 18.7. The number of aromatic nitrogens is 2. The molecule has 3 rings (SSSR count). The second-order valence-electron chi connectivity index (χ2n) is 5.66. The Hall–Kier alpha value is -2.81. The fraction of sp³-hybridized carbons (Fsp3) is 0.294. The molecular formula is C17H17N3O5S. The summed E-state index contributed by atoms with van der Waals surface area (Å²) < 4.78 is 30.5. The molecule has 1 aliphatic rings. The standard InChI is InChI=1S/C17H17N3O5S/c1-2-26(23,24)20-8-5-12-9-13(3-4-15(12)20)16(21)11-25-17(22)14-10-18-6-7-19-14/h3-4,6-7,9-10H,2,5,8,11H2,1H3. The van der Waals surface area contributed by atoms with Crippen molar-refractivity contribution >= 4 is 27.5 Å². The normalized spacial score (nSPS) is 13.3. The predicted octanol–water partition coefficient (Wildman–Crippen LogP) is 1.23. The lowest BCUT2D eigenvalue weighted by atomic mass is 10.1. The third-order valence-corrected chi connectivity index (χ3v) is 5.84. The average Bonchev–Trinajstić information content (AvgIpc) is 3.10. The number of hydrogen-bond donors (Lipinski definition) is 0. The molecule has 0 radical (unpaired) electrons. The molecule has 0 aliphatic carbocycles. The van der Waals surface area contributed by atoms with Crippen LogP contribution in [0.4, 0.5) is 5.69 Å². The molecule has 1 aliphatic heterocycles. The fourth-order valence-corrected chi connectivity index (χ4v) is 3.84. The molecule has 0 amide bonds. The first-order valence-electron chi connectivity index (χ1n) is 8.02. The SMILES string of the molecule is CCS(=O)(=O)N1CCc2cc(C(=O)COC(=O)c3cnccn3)ccc21. The predicted molar refractivity (Wildman–Crippen MR) is 93.6 cm³/mol. The Morgan fingerprint density at radius 1 is 1.27 bits per heavy atom. The number of rotatable bonds is 6. The molecule has 0 N–H and O–H groups in total. The number of sulfonamides is 1. The van der Waals surface area contributed by atoms with Gasteiger partial charge in [-0.1, -0.05) is 0 Å². The summed E-state index contributed by atoms with van der Waals surface area (Å²) in [5.74, 6) is -1.08. The van der Waals surface area contributed by atoms with Gasteiger partial charge in [-0.2, -0.15) is 0 Å². The highest BCUT2D eigenvalue weighted by molar-refractivity contribution is 7.92. The van der Waals surface area contributed by atoms with E-state index in [1.54, 1.807) is 25.1 Å². The van der Waals surface area contributed by atoms with Gasteiger partial charge in [0, 0.05) is 24.5 Å². The van der Waals surface area contributed by atoms with Crippen LogP contribution in [0.2, 0.25) is 0 Å². The first kappa shape index (κ1) is 18.0. The van der Waals surface area contributed by atoms with Crippen LogP contribution in [0.25, 0.3) is 0 Å². The molecule has 8 nitrogen and oxygen atoms in total. The van der Waals surface area contributed by atoms with E-state index in [-0.39, 0.29) is 17.2 Å². The summed E-state index contributed by atoms with van der Waals surface area (Å²) in [5.41, 5.74) is 1.77. The van der Waals surface area contributed by atoms with Crippen LogP contribution >= 0.6 is 0 Å². The highest BCUT2D eigenvalue weighted by Gasteiger charge is 2.28. The lowest BCUT2D eigenvalue weighted by molar-refractivity contribution is 0.0468. The number of Topliss-reactive ketones (excluding diaryl/α,β-unsaturated/α-hetero) is 1. The molecule has 0 fully saturated rings. The van der Waals surface area contributed by atoms with Crippen molar-refractivity contribution in [3.05, 3.63) is 53.6 Å². The Morgan fingerprint density at radius 3 is 2.77 bits per heavy atom. The molecule has 0 unspecified atom stereocenters. The van der Waals surface area contributed by atoms with Gasteiger partial charge in [-0.3, -0.25) is 14.1 Å². The van der Waals surface area contributed by atoms with Gasteiger partial charge in [0.15, 0.2) is 18.1 Å². The van der Waals surface area contributed by atoms with Gasteiger partial charge in [-0.05, 0) is 37.1 Å². The first-order valence-corrected chi connectivity index (χ1v) is 9.63. The Morgan fingerprint density at radius 2 is 2.08 bits per heavy atom. The van der Waals surface area contributed by atoms with Gasteiger partial charge in [0.2, 0.25) is 10.0 Å². The van der Waals surface area contributed by atoms with Gasteiger partial charge in [-0.25, -0.2) is 18.2 Å². The topological polar surface area (TPSA) is 107 Å². The number of ether oxygens (including phenoxy) is 1. The van der Waals surface area contributed by atoms with Gasteiger partial charge in [0.25, 0.3) is 0 Å². The highest BCUT2D eigenvalue weighted by Crippen LogP contribution is 2.31. The van der Waals surface area contributed by atoms with Crippen molar-refractivity contribution in [1.82, 2.24) is 9.97 Å². The number of esters is 1. The minimum Gasteiger partial charge on any atom is -0.453 e. The summed E-state index contributed by atoms with van der Waals surface area (Å²) in [6.07, 6.45) is 4.57. The van der Waals surface area contributed by atoms with Crippen LogP contribution < -0.4 is 4.31 Å². The number of ketones is 1. The van der Waals surface area contributed by atoms with E-state index in [1.807, 2.05) is 0 Å². The van der Waals surface area contributed by atoms with E-state index in [0.717, 1.165) is 5.56 Å². The van der Waals surface area contributed by atoms with Crippen LogP contribution in [0.1, 0.15) is 33.3 Å². The summed E-state index contributed by atoms with van der Waals surface area (Å²) in [7, 11) is -3.33. The largest absolute Gasteiger partial charge is 0.453 e. The Kier molecular flexibility index (Phi) is 4.99. The molecule has 136 valence electrons. The lowest BCUT2D eigenvalue weighted by Crippen LogP contribution is -2.30. The average molecular weight is 375 g/mol. The molecule has 0 saturated heterocycles. The van der Waals surface area contributed by atoms with Crippen molar-refractivity contribution < 1.29 is 22.7 Å². The summed E-state index contributed by atoms with van der Waals surface area (Å²) in [6.45, 7) is 1.53. The number of carbonyl (C=O) groups excluding carboxylic acids is 2. The van der Waals surface area contributed by atoms with Crippen LogP contribution in [0, 0.1) is 0 Å².